The highest BCUT2D eigenvalue weighted by atomic mass is 32.2. The van der Waals surface area contributed by atoms with E-state index >= 15 is 0 Å². The van der Waals surface area contributed by atoms with Crippen molar-refractivity contribution < 1.29 is 40.0 Å². The first-order valence-corrected chi connectivity index (χ1v) is 13.5. The van der Waals surface area contributed by atoms with E-state index < -0.39 is 33.2 Å². The third kappa shape index (κ3) is 5.17. The van der Waals surface area contributed by atoms with Crippen molar-refractivity contribution in [1.29, 1.82) is 0 Å². The monoisotopic (exact) mass is 567 g/mol. The third-order valence-electron chi connectivity index (χ3n) is 6.45. The Morgan fingerprint density at radius 2 is 1.92 bits per heavy atom. The molecule has 39 heavy (non-hydrogen) atoms. The van der Waals surface area contributed by atoms with Crippen LogP contribution in [0.4, 0.5) is 13.2 Å². The molecule has 10 nitrogen and oxygen atoms in total. The Morgan fingerprint density at radius 3 is 2.64 bits per heavy atom. The maximum absolute atomic E-state index is 13.3. The SMILES string of the molecule is Cc1nn(C2CCCCO2)c(=O)c(C)c1-c1ccc(Oc2nccc3c2CCO3)cc1OS(=O)(=O)C(F)(F)F. The van der Waals surface area contributed by atoms with Crippen LogP contribution in [0.5, 0.6) is 23.1 Å². The Hall–Kier alpha value is -3.65. The molecule has 0 amide bonds. The highest BCUT2D eigenvalue weighted by Crippen LogP contribution is 2.41. The Labute approximate surface area is 221 Å². The lowest BCUT2D eigenvalue weighted by Gasteiger charge is -2.25. The number of benzene rings is 1. The Bertz CT molecular complexity index is 1580. The molecule has 0 spiro atoms. The van der Waals surface area contributed by atoms with E-state index in [1.807, 2.05) is 0 Å². The first-order valence-electron chi connectivity index (χ1n) is 12.1. The molecule has 4 heterocycles. The molecular formula is C25H24F3N3O7S. The molecule has 1 fully saturated rings. The van der Waals surface area contributed by atoms with E-state index in [0.29, 0.717) is 37.4 Å². The second-order valence-corrected chi connectivity index (χ2v) is 10.6. The fourth-order valence-electron chi connectivity index (χ4n) is 4.61. The van der Waals surface area contributed by atoms with Gasteiger partial charge in [0.05, 0.1) is 17.9 Å². The number of alkyl halides is 3. The van der Waals surface area contributed by atoms with Crippen LogP contribution in [0.1, 0.15) is 42.3 Å². The van der Waals surface area contributed by atoms with Crippen molar-refractivity contribution in [3.05, 3.63) is 57.6 Å². The molecule has 1 atom stereocenters. The van der Waals surface area contributed by atoms with Crippen LogP contribution in [-0.4, -0.2) is 41.9 Å². The van der Waals surface area contributed by atoms with Gasteiger partial charge in [-0.1, -0.05) is 0 Å². The van der Waals surface area contributed by atoms with Crippen molar-refractivity contribution in [2.24, 2.45) is 0 Å². The number of rotatable bonds is 6. The van der Waals surface area contributed by atoms with Gasteiger partial charge >= 0.3 is 15.6 Å². The van der Waals surface area contributed by atoms with Crippen LogP contribution in [0.2, 0.25) is 0 Å². The van der Waals surface area contributed by atoms with E-state index in [2.05, 4.69) is 14.3 Å². The van der Waals surface area contributed by atoms with Gasteiger partial charge in [-0.15, -0.1) is 0 Å². The maximum Gasteiger partial charge on any atom is 0.534 e. The number of ether oxygens (including phenoxy) is 3. The summed E-state index contributed by atoms with van der Waals surface area (Å²) in [6, 6.07) is 5.38. The van der Waals surface area contributed by atoms with Crippen molar-refractivity contribution in [2.45, 2.75) is 51.3 Å². The average Bonchev–Trinajstić information content (AvgIpc) is 3.37. The van der Waals surface area contributed by atoms with Crippen molar-refractivity contribution in [2.75, 3.05) is 13.2 Å². The zero-order valence-corrected chi connectivity index (χ0v) is 21.8. The molecule has 0 radical (unpaired) electrons. The molecule has 208 valence electrons. The summed E-state index contributed by atoms with van der Waals surface area (Å²) < 4.78 is 86.6. The summed E-state index contributed by atoms with van der Waals surface area (Å²) in [5, 5.41) is 4.35. The summed E-state index contributed by atoms with van der Waals surface area (Å²) in [6.45, 7) is 3.93. The first-order chi connectivity index (χ1) is 18.5. The second kappa shape index (κ2) is 10.2. The fraction of sp³-hybridized carbons (Fsp3) is 0.400. The first kappa shape index (κ1) is 26.9. The van der Waals surface area contributed by atoms with Gasteiger partial charge in [0.1, 0.15) is 11.5 Å². The number of pyridine rings is 1. The van der Waals surface area contributed by atoms with E-state index in [1.165, 1.54) is 29.9 Å². The molecule has 5 rings (SSSR count). The van der Waals surface area contributed by atoms with E-state index in [0.717, 1.165) is 18.9 Å². The summed E-state index contributed by atoms with van der Waals surface area (Å²) in [5.41, 5.74) is -5.08. The normalized spacial score (nSPS) is 17.4. The topological polar surface area (TPSA) is 119 Å². The van der Waals surface area contributed by atoms with Crippen LogP contribution in [0.25, 0.3) is 11.1 Å². The summed E-state index contributed by atoms with van der Waals surface area (Å²) in [6.07, 6.45) is 3.67. The molecule has 1 aromatic carbocycles. The largest absolute Gasteiger partial charge is 0.534 e. The number of hydrogen-bond donors (Lipinski definition) is 0. The van der Waals surface area contributed by atoms with Gasteiger partial charge in [-0.3, -0.25) is 4.79 Å². The van der Waals surface area contributed by atoms with E-state index in [9.17, 15) is 26.4 Å². The van der Waals surface area contributed by atoms with Crippen molar-refractivity contribution in [1.82, 2.24) is 14.8 Å². The molecule has 14 heteroatoms. The summed E-state index contributed by atoms with van der Waals surface area (Å²) >= 11 is 0. The number of fused-ring (bicyclic) bond motifs is 1. The number of aryl methyl sites for hydroxylation is 1. The molecule has 3 aromatic rings. The minimum Gasteiger partial charge on any atom is -0.493 e. The molecular weight excluding hydrogens is 543 g/mol. The van der Waals surface area contributed by atoms with Gasteiger partial charge in [-0.25, -0.2) is 9.67 Å². The zero-order chi connectivity index (χ0) is 27.9. The van der Waals surface area contributed by atoms with Gasteiger partial charge in [-0.2, -0.15) is 26.7 Å². The summed E-state index contributed by atoms with van der Waals surface area (Å²) in [4.78, 5) is 17.4. The lowest BCUT2D eigenvalue weighted by Crippen LogP contribution is -2.33. The smallest absolute Gasteiger partial charge is 0.493 e. The Balaban J connectivity index is 1.61. The van der Waals surface area contributed by atoms with Gasteiger partial charge in [0.15, 0.2) is 12.0 Å². The molecule has 2 aliphatic rings. The molecule has 2 aromatic heterocycles. The average molecular weight is 568 g/mol. The molecule has 0 saturated carbocycles. The van der Waals surface area contributed by atoms with Gasteiger partial charge in [0.2, 0.25) is 5.88 Å². The highest BCUT2D eigenvalue weighted by molar-refractivity contribution is 7.88. The van der Waals surface area contributed by atoms with Gasteiger partial charge in [-0.05, 0) is 51.3 Å². The molecule has 2 aliphatic heterocycles. The van der Waals surface area contributed by atoms with E-state index in [1.54, 1.807) is 13.0 Å². The minimum absolute atomic E-state index is 0.0360. The zero-order valence-electron chi connectivity index (χ0n) is 20.9. The lowest BCUT2D eigenvalue weighted by molar-refractivity contribution is -0.0500. The number of hydrogen-bond acceptors (Lipinski definition) is 9. The minimum atomic E-state index is -6.06. The van der Waals surface area contributed by atoms with E-state index in [4.69, 9.17) is 14.2 Å². The van der Waals surface area contributed by atoms with E-state index in [-0.39, 0.29) is 34.0 Å². The lowest BCUT2D eigenvalue weighted by atomic mass is 9.99. The van der Waals surface area contributed by atoms with Crippen LogP contribution in [0.3, 0.4) is 0 Å². The van der Waals surface area contributed by atoms with Crippen LogP contribution in [-0.2, 0) is 21.3 Å². The fourth-order valence-corrected chi connectivity index (χ4v) is 5.08. The van der Waals surface area contributed by atoms with Gasteiger partial charge in [0.25, 0.3) is 5.56 Å². The number of halogens is 3. The quantitative estimate of drug-likeness (QED) is 0.312. The predicted molar refractivity (Wildman–Crippen MR) is 131 cm³/mol. The molecule has 1 saturated heterocycles. The van der Waals surface area contributed by atoms with Gasteiger partial charge in [0, 0.05) is 42.0 Å². The molecule has 0 N–H and O–H groups in total. The number of aromatic nitrogens is 3. The van der Waals surface area contributed by atoms with Crippen LogP contribution in [0, 0.1) is 13.8 Å². The Kier molecular flexibility index (Phi) is 7.01. The summed E-state index contributed by atoms with van der Waals surface area (Å²) in [5.74, 6) is -0.00193. The van der Waals surface area contributed by atoms with Crippen molar-refractivity contribution in [3.63, 3.8) is 0 Å². The predicted octanol–water partition coefficient (Wildman–Crippen LogP) is 4.58. The second-order valence-electron chi connectivity index (χ2n) is 9.09. The van der Waals surface area contributed by atoms with Crippen LogP contribution < -0.4 is 19.2 Å². The maximum atomic E-state index is 13.3. The molecule has 0 aliphatic carbocycles. The standard InChI is InChI=1S/C25H24F3N3O7S/c1-14-22(15(2)30-31(24(14)32)21-5-3-4-11-36-21)17-7-6-16(13-20(17)38-39(33,34)25(26,27)28)37-23-18-9-12-35-19(18)8-10-29-23/h6-8,10,13,21H,3-5,9,11-12H2,1-2H3. The third-order valence-corrected chi connectivity index (χ3v) is 7.42. The Morgan fingerprint density at radius 1 is 1.13 bits per heavy atom. The molecule has 0 bridgehead atoms. The molecule has 1 unspecified atom stereocenters. The van der Waals surface area contributed by atoms with Crippen LogP contribution >= 0.6 is 0 Å². The van der Waals surface area contributed by atoms with Crippen molar-refractivity contribution in [3.8, 4) is 34.3 Å². The summed E-state index contributed by atoms with van der Waals surface area (Å²) in [7, 11) is -6.06. The van der Waals surface area contributed by atoms with Crippen molar-refractivity contribution >= 4 is 10.1 Å². The van der Waals surface area contributed by atoms with Gasteiger partial charge < -0.3 is 18.4 Å². The number of nitrogens with zero attached hydrogens (tertiary/aromatic N) is 3. The van der Waals surface area contributed by atoms with Crippen LogP contribution in [0.15, 0.2) is 35.3 Å². The highest BCUT2D eigenvalue weighted by Gasteiger charge is 2.49.